The second kappa shape index (κ2) is 10.2. The second-order valence-corrected chi connectivity index (χ2v) is 8.66. The van der Waals surface area contributed by atoms with Crippen molar-refractivity contribution >= 4 is 6.08 Å². The number of methoxy groups -OCH3 is 1. The summed E-state index contributed by atoms with van der Waals surface area (Å²) in [5, 5.41) is 3.65. The van der Waals surface area contributed by atoms with E-state index in [1.54, 1.807) is 7.11 Å². The Kier molecular flexibility index (Phi) is 7.60. The molecule has 3 nitrogen and oxygen atoms in total. The van der Waals surface area contributed by atoms with Crippen molar-refractivity contribution in [1.29, 1.82) is 0 Å². The second-order valence-electron chi connectivity index (χ2n) is 8.66. The lowest BCUT2D eigenvalue weighted by Crippen LogP contribution is -2.28. The number of hydrogen-bond acceptors (Lipinski definition) is 3. The number of rotatable bonds is 8. The normalized spacial score (nSPS) is 16.2. The summed E-state index contributed by atoms with van der Waals surface area (Å²) in [5.41, 5.74) is 8.05. The van der Waals surface area contributed by atoms with Crippen molar-refractivity contribution in [2.24, 2.45) is 0 Å². The molecular weight excluding hydrogens is 370 g/mol. The van der Waals surface area contributed by atoms with E-state index < -0.39 is 0 Å². The van der Waals surface area contributed by atoms with Gasteiger partial charge in [-0.05, 0) is 78.1 Å². The highest BCUT2D eigenvalue weighted by Gasteiger charge is 2.21. The number of aryl methyl sites for hydroxylation is 2. The Bertz CT molecular complexity index is 898. The van der Waals surface area contributed by atoms with Gasteiger partial charge in [-0.2, -0.15) is 0 Å². The van der Waals surface area contributed by atoms with Crippen molar-refractivity contribution in [3.63, 3.8) is 0 Å². The smallest absolute Gasteiger partial charge is 0.161 e. The molecule has 0 saturated carbocycles. The molecule has 0 aliphatic carbocycles. The molecule has 30 heavy (non-hydrogen) atoms. The number of fused-ring (bicyclic) bond motifs is 1. The van der Waals surface area contributed by atoms with E-state index in [2.05, 4.69) is 76.4 Å². The molecule has 1 atom stereocenters. The summed E-state index contributed by atoms with van der Waals surface area (Å²) in [7, 11) is 1.72. The minimum Gasteiger partial charge on any atom is -0.493 e. The van der Waals surface area contributed by atoms with Gasteiger partial charge in [0.15, 0.2) is 11.5 Å². The summed E-state index contributed by atoms with van der Waals surface area (Å²) in [4.78, 5) is 0. The first kappa shape index (κ1) is 22.4. The highest BCUT2D eigenvalue weighted by atomic mass is 16.5. The molecule has 0 radical (unpaired) electrons. The maximum atomic E-state index is 6.00. The van der Waals surface area contributed by atoms with Crippen LogP contribution in [0, 0.1) is 13.8 Å². The van der Waals surface area contributed by atoms with Crippen LogP contribution in [0.3, 0.4) is 0 Å². The Morgan fingerprint density at radius 1 is 1.10 bits per heavy atom. The highest BCUT2D eigenvalue weighted by molar-refractivity contribution is 5.59. The minimum atomic E-state index is 0.176. The van der Waals surface area contributed by atoms with Gasteiger partial charge >= 0.3 is 0 Å². The van der Waals surface area contributed by atoms with Crippen LogP contribution in [0.25, 0.3) is 6.08 Å². The van der Waals surface area contributed by atoms with Gasteiger partial charge in [0.1, 0.15) is 0 Å². The van der Waals surface area contributed by atoms with Crippen LogP contribution in [-0.2, 0) is 6.42 Å². The van der Waals surface area contributed by atoms with E-state index in [-0.39, 0.29) is 6.04 Å². The third-order valence-electron chi connectivity index (χ3n) is 6.02. The first-order valence-corrected chi connectivity index (χ1v) is 11.3. The Morgan fingerprint density at radius 2 is 1.90 bits per heavy atom. The highest BCUT2D eigenvalue weighted by Crippen LogP contribution is 2.36. The Morgan fingerprint density at radius 3 is 2.60 bits per heavy atom. The lowest BCUT2D eigenvalue weighted by molar-refractivity contribution is 0.287. The topological polar surface area (TPSA) is 30.5 Å². The van der Waals surface area contributed by atoms with E-state index >= 15 is 0 Å². The van der Waals surface area contributed by atoms with Gasteiger partial charge in [0.25, 0.3) is 0 Å². The van der Waals surface area contributed by atoms with Crippen LogP contribution in [0.4, 0.5) is 0 Å². The summed E-state index contributed by atoms with van der Waals surface area (Å²) in [6, 6.07) is 9.16. The maximum Gasteiger partial charge on any atom is 0.161 e. The van der Waals surface area contributed by atoms with Gasteiger partial charge < -0.3 is 14.8 Å². The molecule has 1 N–H and O–H groups in total. The van der Waals surface area contributed by atoms with Gasteiger partial charge in [-0.3, -0.25) is 0 Å². The lowest BCUT2D eigenvalue weighted by atomic mass is 9.91. The first-order valence-electron chi connectivity index (χ1n) is 11.3. The molecule has 3 heteroatoms. The number of nitrogens with one attached hydrogen (secondary N) is 1. The van der Waals surface area contributed by atoms with Crippen LogP contribution in [0.15, 0.2) is 30.3 Å². The summed E-state index contributed by atoms with van der Waals surface area (Å²) >= 11 is 0. The van der Waals surface area contributed by atoms with Crippen LogP contribution in [0.1, 0.15) is 79.0 Å². The molecule has 0 aromatic heterocycles. The number of ether oxygens (including phenoxy) is 2. The molecule has 0 fully saturated rings. The third-order valence-corrected chi connectivity index (χ3v) is 6.02. The monoisotopic (exact) mass is 407 g/mol. The first-order chi connectivity index (χ1) is 14.4. The molecular formula is C27H37NO2. The van der Waals surface area contributed by atoms with E-state index in [1.807, 2.05) is 0 Å². The quantitative estimate of drug-likeness (QED) is 0.506. The van der Waals surface area contributed by atoms with Gasteiger partial charge in [0.05, 0.1) is 19.8 Å². The zero-order chi connectivity index (χ0) is 21.7. The minimum absolute atomic E-state index is 0.176. The fourth-order valence-corrected chi connectivity index (χ4v) is 4.25. The Hall–Kier alpha value is -2.26. The Labute approximate surface area is 182 Å². The molecule has 1 heterocycles. The number of benzene rings is 2. The van der Waals surface area contributed by atoms with Crippen molar-refractivity contribution in [2.75, 3.05) is 20.3 Å². The fraction of sp³-hybridized carbons (Fsp3) is 0.481. The van der Waals surface area contributed by atoms with Gasteiger partial charge in [-0.15, -0.1) is 0 Å². The van der Waals surface area contributed by atoms with Crippen LogP contribution >= 0.6 is 0 Å². The molecule has 1 aliphatic heterocycles. The molecule has 2 aromatic rings. The van der Waals surface area contributed by atoms with Crippen LogP contribution in [-0.4, -0.2) is 20.3 Å². The Balaban J connectivity index is 1.89. The van der Waals surface area contributed by atoms with Gasteiger partial charge in [0.2, 0.25) is 0 Å². The van der Waals surface area contributed by atoms with Crippen LogP contribution < -0.4 is 14.8 Å². The predicted octanol–water partition coefficient (Wildman–Crippen LogP) is 6.51. The van der Waals surface area contributed by atoms with E-state index in [0.29, 0.717) is 5.92 Å². The van der Waals surface area contributed by atoms with E-state index in [1.165, 1.54) is 33.4 Å². The predicted molar refractivity (Wildman–Crippen MR) is 127 cm³/mol. The van der Waals surface area contributed by atoms with Crippen LogP contribution in [0.2, 0.25) is 0 Å². The fourth-order valence-electron chi connectivity index (χ4n) is 4.25. The zero-order valence-corrected chi connectivity index (χ0v) is 19.5. The van der Waals surface area contributed by atoms with Gasteiger partial charge in [-0.25, -0.2) is 0 Å². The molecule has 2 aromatic carbocycles. The van der Waals surface area contributed by atoms with Crippen molar-refractivity contribution in [1.82, 2.24) is 5.32 Å². The molecule has 0 bridgehead atoms. The van der Waals surface area contributed by atoms with E-state index in [4.69, 9.17) is 9.47 Å². The average molecular weight is 408 g/mol. The van der Waals surface area contributed by atoms with Crippen LogP contribution in [0.5, 0.6) is 11.5 Å². The van der Waals surface area contributed by atoms with Crippen molar-refractivity contribution in [3.8, 4) is 11.5 Å². The lowest BCUT2D eigenvalue weighted by Gasteiger charge is -2.26. The van der Waals surface area contributed by atoms with Crippen molar-refractivity contribution in [2.45, 2.75) is 65.8 Å². The van der Waals surface area contributed by atoms with E-state index in [0.717, 1.165) is 43.9 Å². The third kappa shape index (κ3) is 5.07. The standard InChI is InChI=1S/C27H37NO2/c1-7-8-13-30-27-16-22-11-12-28-25(24(22)17-26(27)29-6)10-9-21-15-23(18(2)3)20(5)14-19(21)4/h9-10,14-18,25,28H,7-8,11-13H2,1-6H3/b10-9+. The largest absolute Gasteiger partial charge is 0.493 e. The number of hydrogen-bond donors (Lipinski definition) is 1. The molecule has 3 rings (SSSR count). The average Bonchev–Trinajstić information content (AvgIpc) is 2.72. The van der Waals surface area contributed by atoms with Crippen molar-refractivity contribution in [3.05, 3.63) is 63.7 Å². The molecule has 0 spiro atoms. The van der Waals surface area contributed by atoms with Crippen molar-refractivity contribution < 1.29 is 9.47 Å². The molecule has 1 aliphatic rings. The summed E-state index contributed by atoms with van der Waals surface area (Å²) < 4.78 is 11.6. The van der Waals surface area contributed by atoms with Gasteiger partial charge in [-0.1, -0.05) is 51.5 Å². The van der Waals surface area contributed by atoms with Gasteiger partial charge in [0, 0.05) is 6.54 Å². The molecule has 0 saturated heterocycles. The summed E-state index contributed by atoms with van der Waals surface area (Å²) in [6.45, 7) is 12.8. The summed E-state index contributed by atoms with van der Waals surface area (Å²) in [6.07, 6.45) is 7.75. The zero-order valence-electron chi connectivity index (χ0n) is 19.5. The van der Waals surface area contributed by atoms with E-state index in [9.17, 15) is 0 Å². The SMILES string of the molecule is CCCCOc1cc2c(cc1OC)C(/C=C/c1cc(C(C)C)c(C)cc1C)NCC2. The molecule has 0 amide bonds. The molecule has 1 unspecified atom stereocenters. The summed E-state index contributed by atoms with van der Waals surface area (Å²) in [5.74, 6) is 2.22. The number of unbranched alkanes of at least 4 members (excludes halogenated alkanes) is 1. The molecule has 162 valence electrons. The maximum absolute atomic E-state index is 6.00.